The van der Waals surface area contributed by atoms with Crippen molar-refractivity contribution in [3.63, 3.8) is 0 Å². The van der Waals surface area contributed by atoms with Crippen molar-refractivity contribution in [2.75, 3.05) is 22.7 Å². The molecule has 0 fully saturated rings. The number of benzene rings is 1. The van der Waals surface area contributed by atoms with E-state index in [4.69, 9.17) is 5.11 Å². The minimum absolute atomic E-state index is 0.0499. The normalized spacial score (nSPS) is 15.6. The molecule has 1 aromatic carbocycles. The number of hydrogen-bond acceptors (Lipinski definition) is 6. The summed E-state index contributed by atoms with van der Waals surface area (Å²) in [6.45, 7) is 3.13. The average Bonchev–Trinajstić information content (AvgIpc) is 2.83. The molecule has 3 heterocycles. The number of aryl methyl sites for hydroxylation is 2. The van der Waals surface area contributed by atoms with Crippen LogP contribution in [-0.4, -0.2) is 42.6 Å². The van der Waals surface area contributed by atoms with Crippen molar-refractivity contribution in [2.45, 2.75) is 50.5 Å². The predicted octanol–water partition coefficient (Wildman–Crippen LogP) is 4.65. The van der Waals surface area contributed by atoms with Crippen LogP contribution in [-0.2, 0) is 21.2 Å². The number of pyridine rings is 2. The largest absolute Gasteiger partial charge is 0.481 e. The zero-order chi connectivity index (χ0) is 24.8. The van der Waals surface area contributed by atoms with Gasteiger partial charge in [0, 0.05) is 25.1 Å². The molecule has 0 radical (unpaired) electrons. The second-order valence-electron chi connectivity index (χ2n) is 8.75. The van der Waals surface area contributed by atoms with Gasteiger partial charge in [0.25, 0.3) is 10.0 Å². The molecule has 1 aliphatic heterocycles. The van der Waals surface area contributed by atoms with Crippen LogP contribution in [0, 0.1) is 6.92 Å². The zero-order valence-electron chi connectivity index (χ0n) is 19.8. The molecule has 0 saturated carbocycles. The summed E-state index contributed by atoms with van der Waals surface area (Å²) in [5, 5.41) is 8.93. The molecule has 184 valence electrons. The minimum Gasteiger partial charge on any atom is -0.481 e. The molecule has 1 aliphatic rings. The first-order chi connectivity index (χ1) is 16.8. The van der Waals surface area contributed by atoms with E-state index >= 15 is 0 Å². The third-order valence-corrected chi connectivity index (χ3v) is 7.37. The third kappa shape index (κ3) is 6.16. The highest BCUT2D eigenvalue weighted by Gasteiger charge is 2.20. The number of anilines is 2. The molecular formula is C26H30N4O4S. The fraction of sp³-hybridized carbons (Fsp3) is 0.346. The van der Waals surface area contributed by atoms with Gasteiger partial charge in [0.2, 0.25) is 0 Å². The van der Waals surface area contributed by atoms with Gasteiger partial charge in [-0.1, -0.05) is 42.8 Å². The number of rotatable bonds is 4. The molecule has 2 aromatic heterocycles. The molecule has 4 rings (SSSR count). The predicted molar refractivity (Wildman–Crippen MR) is 136 cm³/mol. The van der Waals surface area contributed by atoms with E-state index in [1.54, 1.807) is 18.2 Å². The van der Waals surface area contributed by atoms with Crippen LogP contribution < -0.4 is 9.62 Å². The Morgan fingerprint density at radius 3 is 2.69 bits per heavy atom. The molecule has 2 N–H and O–H groups in total. The van der Waals surface area contributed by atoms with Crippen molar-refractivity contribution >= 4 is 27.6 Å². The van der Waals surface area contributed by atoms with E-state index in [0.717, 1.165) is 42.5 Å². The standard InChI is InChI=1S/C26H30N4O4S/c1-19-15-16-22-27-26(19)21-11-5-4-10-20(21)9-3-2-6-17-30(18-8-14-25(31)32)23-12-7-13-24(28-23)35(33,34)29-22/h4-5,7,10-13,15-16H,2-3,6,8-9,14,17-18H2,1H3,(H,27,29)(H,31,32). The Balaban J connectivity index is 1.73. The Labute approximate surface area is 206 Å². The molecule has 0 amide bonds. The van der Waals surface area contributed by atoms with Crippen molar-refractivity contribution in [3.05, 3.63) is 65.7 Å². The highest BCUT2D eigenvalue weighted by molar-refractivity contribution is 7.92. The third-order valence-electron chi connectivity index (χ3n) is 6.11. The summed E-state index contributed by atoms with van der Waals surface area (Å²) in [4.78, 5) is 22.1. The molecule has 8 nitrogen and oxygen atoms in total. The Morgan fingerprint density at radius 1 is 1.03 bits per heavy atom. The first kappa shape index (κ1) is 24.7. The maximum Gasteiger partial charge on any atom is 0.303 e. The van der Waals surface area contributed by atoms with Crippen LogP contribution in [0.5, 0.6) is 0 Å². The summed E-state index contributed by atoms with van der Waals surface area (Å²) in [6, 6.07) is 16.5. The fourth-order valence-electron chi connectivity index (χ4n) is 4.30. The van der Waals surface area contributed by atoms with Crippen LogP contribution in [0.2, 0.25) is 0 Å². The molecule has 3 aromatic rings. The topological polar surface area (TPSA) is 112 Å². The summed E-state index contributed by atoms with van der Waals surface area (Å²) >= 11 is 0. The molecular weight excluding hydrogens is 464 g/mol. The van der Waals surface area contributed by atoms with Crippen LogP contribution in [0.1, 0.15) is 43.2 Å². The molecule has 0 aliphatic carbocycles. The van der Waals surface area contributed by atoms with E-state index in [1.807, 2.05) is 36.1 Å². The number of sulfonamides is 1. The van der Waals surface area contributed by atoms with Gasteiger partial charge in [-0.2, -0.15) is 8.42 Å². The minimum atomic E-state index is -3.98. The number of nitrogens with one attached hydrogen (secondary N) is 1. The van der Waals surface area contributed by atoms with Crippen molar-refractivity contribution < 1.29 is 18.3 Å². The van der Waals surface area contributed by atoms with E-state index in [0.29, 0.717) is 25.3 Å². The SMILES string of the molecule is Cc1ccc2nc1-c1ccccc1CCCCCN(CCCC(=O)O)c1cccc(n1)S(=O)(=O)N2. The van der Waals surface area contributed by atoms with Gasteiger partial charge in [-0.25, -0.2) is 9.97 Å². The number of nitrogens with zero attached hydrogens (tertiary/aromatic N) is 3. The second-order valence-corrected chi connectivity index (χ2v) is 10.4. The van der Waals surface area contributed by atoms with Gasteiger partial charge in [0.15, 0.2) is 5.03 Å². The molecule has 0 saturated heterocycles. The number of carbonyl (C=O) groups is 1. The summed E-state index contributed by atoms with van der Waals surface area (Å²) in [6.07, 6.45) is 4.26. The lowest BCUT2D eigenvalue weighted by Gasteiger charge is -2.24. The summed E-state index contributed by atoms with van der Waals surface area (Å²) in [7, 11) is -3.98. The quantitative estimate of drug-likeness (QED) is 0.543. The lowest BCUT2D eigenvalue weighted by atomic mass is 9.96. The zero-order valence-corrected chi connectivity index (χ0v) is 20.6. The fourth-order valence-corrected chi connectivity index (χ4v) is 5.27. The Morgan fingerprint density at radius 2 is 1.86 bits per heavy atom. The van der Waals surface area contributed by atoms with Crippen LogP contribution in [0.25, 0.3) is 11.3 Å². The number of aliphatic carboxylic acids is 1. The monoisotopic (exact) mass is 494 g/mol. The van der Waals surface area contributed by atoms with Gasteiger partial charge in [0.05, 0.1) is 5.69 Å². The lowest BCUT2D eigenvalue weighted by Crippen LogP contribution is -2.28. The average molecular weight is 495 g/mol. The number of carboxylic acids is 1. The number of aromatic nitrogens is 2. The summed E-state index contributed by atoms with van der Waals surface area (Å²) < 4.78 is 29.0. The van der Waals surface area contributed by atoms with E-state index < -0.39 is 16.0 Å². The van der Waals surface area contributed by atoms with E-state index in [1.165, 1.54) is 11.6 Å². The van der Waals surface area contributed by atoms with Gasteiger partial charge in [-0.05, 0) is 61.9 Å². The highest BCUT2D eigenvalue weighted by atomic mass is 32.2. The second kappa shape index (κ2) is 10.9. The maximum absolute atomic E-state index is 13.2. The van der Waals surface area contributed by atoms with Gasteiger partial charge in [-0.15, -0.1) is 0 Å². The Hall–Kier alpha value is -3.46. The first-order valence-corrected chi connectivity index (χ1v) is 13.3. The van der Waals surface area contributed by atoms with Crippen molar-refractivity contribution in [3.8, 4) is 11.3 Å². The summed E-state index contributed by atoms with van der Waals surface area (Å²) in [5.41, 5.74) is 3.92. The van der Waals surface area contributed by atoms with Crippen LogP contribution in [0.4, 0.5) is 11.6 Å². The molecule has 4 bridgehead atoms. The molecule has 0 atom stereocenters. The van der Waals surface area contributed by atoms with E-state index in [2.05, 4.69) is 20.8 Å². The van der Waals surface area contributed by atoms with Gasteiger partial charge in [0.1, 0.15) is 11.6 Å². The molecule has 0 unspecified atom stereocenters. The lowest BCUT2D eigenvalue weighted by molar-refractivity contribution is -0.137. The Bertz CT molecular complexity index is 1310. The number of carboxylic acid groups (broad SMARTS) is 1. The van der Waals surface area contributed by atoms with Gasteiger partial charge < -0.3 is 10.0 Å². The molecule has 9 heteroatoms. The number of fused-ring (bicyclic) bond motifs is 6. The van der Waals surface area contributed by atoms with Crippen LogP contribution >= 0.6 is 0 Å². The molecule has 35 heavy (non-hydrogen) atoms. The smallest absolute Gasteiger partial charge is 0.303 e. The maximum atomic E-state index is 13.2. The van der Waals surface area contributed by atoms with E-state index in [-0.39, 0.29) is 17.3 Å². The first-order valence-electron chi connectivity index (χ1n) is 11.9. The highest BCUT2D eigenvalue weighted by Crippen LogP contribution is 2.29. The summed E-state index contributed by atoms with van der Waals surface area (Å²) in [5.74, 6) is -0.0946. The number of hydrogen-bond donors (Lipinski definition) is 2. The van der Waals surface area contributed by atoms with Gasteiger partial charge >= 0.3 is 5.97 Å². The molecule has 0 spiro atoms. The van der Waals surface area contributed by atoms with Gasteiger partial charge in [-0.3, -0.25) is 9.52 Å². The van der Waals surface area contributed by atoms with Crippen LogP contribution in [0.15, 0.2) is 59.6 Å². The van der Waals surface area contributed by atoms with Crippen LogP contribution in [0.3, 0.4) is 0 Å². The van der Waals surface area contributed by atoms with E-state index in [9.17, 15) is 13.2 Å². The van der Waals surface area contributed by atoms with Crippen molar-refractivity contribution in [2.24, 2.45) is 0 Å². The Kier molecular flexibility index (Phi) is 7.65. The van der Waals surface area contributed by atoms with Crippen molar-refractivity contribution in [1.29, 1.82) is 0 Å². The van der Waals surface area contributed by atoms with Crippen molar-refractivity contribution in [1.82, 2.24) is 9.97 Å².